The zero-order valence-corrected chi connectivity index (χ0v) is 14.0. The Labute approximate surface area is 136 Å². The maximum Gasteiger partial charge on any atom is 0.254 e. The number of rotatable bonds is 4. The largest absolute Gasteiger partial charge is 0.487 e. The topological polar surface area (TPSA) is 59.0 Å². The Bertz CT molecular complexity index is 573. The molecule has 1 aromatic rings. The molecule has 0 bridgehead atoms. The minimum atomic E-state index is -1.23. The summed E-state index contributed by atoms with van der Waals surface area (Å²) in [5, 5.41) is 10.7. The first-order valence-electron chi connectivity index (χ1n) is 7.65. The van der Waals surface area contributed by atoms with E-state index >= 15 is 0 Å². The van der Waals surface area contributed by atoms with Crippen molar-refractivity contribution in [3.05, 3.63) is 30.1 Å². The minimum Gasteiger partial charge on any atom is -0.487 e. The summed E-state index contributed by atoms with van der Waals surface area (Å²) in [6.07, 6.45) is -0.0614. The van der Waals surface area contributed by atoms with Gasteiger partial charge in [-0.2, -0.15) is 0 Å². The number of β-amino-alcohol motifs (C(OH)–C–C–N with tert-alkyl or cyclic N) is 1. The number of aliphatic hydroxyl groups is 1. The third kappa shape index (κ3) is 4.00. The number of methoxy groups -OCH3 is 1. The number of halogens is 1. The lowest BCUT2D eigenvalue weighted by Gasteiger charge is -2.44. The summed E-state index contributed by atoms with van der Waals surface area (Å²) in [5.41, 5.74) is -2.17. The quantitative estimate of drug-likeness (QED) is 0.920. The molecule has 5 nitrogen and oxygen atoms in total. The number of ether oxygens (including phenoxy) is 2. The molecule has 0 unspecified atom stereocenters. The monoisotopic (exact) mass is 325 g/mol. The maximum atomic E-state index is 13.2. The minimum absolute atomic E-state index is 0.138. The van der Waals surface area contributed by atoms with Crippen LogP contribution in [0.2, 0.25) is 0 Å². The van der Waals surface area contributed by atoms with Gasteiger partial charge in [0.25, 0.3) is 5.91 Å². The van der Waals surface area contributed by atoms with Crippen LogP contribution in [0.15, 0.2) is 24.3 Å². The predicted molar refractivity (Wildman–Crippen MR) is 83.7 cm³/mol. The van der Waals surface area contributed by atoms with Crippen LogP contribution in [0.25, 0.3) is 0 Å². The van der Waals surface area contributed by atoms with Crippen LogP contribution in [0.4, 0.5) is 4.39 Å². The number of benzene rings is 1. The van der Waals surface area contributed by atoms with Gasteiger partial charge in [-0.25, -0.2) is 4.39 Å². The molecule has 0 spiro atoms. The molecule has 1 saturated heterocycles. The molecule has 23 heavy (non-hydrogen) atoms. The van der Waals surface area contributed by atoms with Crippen LogP contribution in [0.1, 0.15) is 27.2 Å². The van der Waals surface area contributed by atoms with Gasteiger partial charge in [0.1, 0.15) is 28.9 Å². The van der Waals surface area contributed by atoms with Crippen LogP contribution in [0.5, 0.6) is 5.75 Å². The molecule has 1 aliphatic rings. The summed E-state index contributed by atoms with van der Waals surface area (Å²) in [5.74, 6) is -0.201. The van der Waals surface area contributed by atoms with Gasteiger partial charge in [0.05, 0.1) is 6.54 Å². The van der Waals surface area contributed by atoms with Crippen molar-refractivity contribution in [1.82, 2.24) is 4.90 Å². The van der Waals surface area contributed by atoms with Gasteiger partial charge in [-0.3, -0.25) is 4.79 Å². The van der Waals surface area contributed by atoms with Gasteiger partial charge in [0, 0.05) is 26.1 Å². The Kier molecular flexibility index (Phi) is 4.96. The molecule has 1 aromatic carbocycles. The fourth-order valence-electron chi connectivity index (χ4n) is 2.68. The van der Waals surface area contributed by atoms with Crippen molar-refractivity contribution in [2.45, 2.75) is 44.5 Å². The van der Waals surface area contributed by atoms with E-state index in [9.17, 15) is 14.3 Å². The molecule has 6 heteroatoms. The summed E-state index contributed by atoms with van der Waals surface area (Å²) in [6.45, 7) is 5.59. The van der Waals surface area contributed by atoms with Crippen molar-refractivity contribution >= 4 is 5.91 Å². The molecular weight excluding hydrogens is 301 g/mol. The second kappa shape index (κ2) is 6.45. The van der Waals surface area contributed by atoms with Gasteiger partial charge < -0.3 is 19.5 Å². The lowest BCUT2D eigenvalue weighted by molar-refractivity contribution is -0.163. The van der Waals surface area contributed by atoms with E-state index in [0.29, 0.717) is 18.7 Å². The number of carbonyl (C=O) groups is 1. The van der Waals surface area contributed by atoms with E-state index in [1.165, 1.54) is 19.2 Å². The van der Waals surface area contributed by atoms with Gasteiger partial charge in [-0.1, -0.05) is 6.07 Å². The van der Waals surface area contributed by atoms with Gasteiger partial charge in [0.2, 0.25) is 0 Å². The second-order valence-electron chi connectivity index (χ2n) is 6.65. The molecule has 1 fully saturated rings. The van der Waals surface area contributed by atoms with E-state index in [1.807, 2.05) is 0 Å². The van der Waals surface area contributed by atoms with E-state index in [-0.39, 0.29) is 12.5 Å². The Morgan fingerprint density at radius 2 is 2.17 bits per heavy atom. The van der Waals surface area contributed by atoms with Gasteiger partial charge >= 0.3 is 0 Å². The second-order valence-corrected chi connectivity index (χ2v) is 6.65. The average Bonchev–Trinajstić information content (AvgIpc) is 2.48. The van der Waals surface area contributed by atoms with E-state index in [2.05, 4.69) is 0 Å². The van der Waals surface area contributed by atoms with Crippen LogP contribution in [-0.4, -0.2) is 53.4 Å². The zero-order valence-electron chi connectivity index (χ0n) is 14.0. The third-order valence-electron chi connectivity index (χ3n) is 4.25. The highest BCUT2D eigenvalue weighted by atomic mass is 19.1. The van der Waals surface area contributed by atoms with E-state index in [1.54, 1.807) is 37.8 Å². The lowest BCUT2D eigenvalue weighted by Crippen LogP contribution is -2.61. The first-order valence-corrected chi connectivity index (χ1v) is 7.65. The Morgan fingerprint density at radius 1 is 1.48 bits per heavy atom. The van der Waals surface area contributed by atoms with Crippen molar-refractivity contribution in [2.24, 2.45) is 0 Å². The molecule has 0 radical (unpaired) electrons. The highest BCUT2D eigenvalue weighted by Gasteiger charge is 2.44. The van der Waals surface area contributed by atoms with E-state index < -0.39 is 23.1 Å². The van der Waals surface area contributed by atoms with Crippen molar-refractivity contribution < 1.29 is 23.8 Å². The fourth-order valence-corrected chi connectivity index (χ4v) is 2.68. The molecule has 2 rings (SSSR count). The molecule has 128 valence electrons. The molecule has 1 amide bonds. The smallest absolute Gasteiger partial charge is 0.254 e. The number of piperidine rings is 1. The Hall–Kier alpha value is -1.66. The highest BCUT2D eigenvalue weighted by Crippen LogP contribution is 2.28. The third-order valence-corrected chi connectivity index (χ3v) is 4.25. The number of hydrogen-bond donors (Lipinski definition) is 1. The van der Waals surface area contributed by atoms with Crippen molar-refractivity contribution in [2.75, 3.05) is 20.2 Å². The molecule has 0 aliphatic carbocycles. The molecule has 1 N–H and O–H groups in total. The molecule has 1 aliphatic heterocycles. The first kappa shape index (κ1) is 17.7. The van der Waals surface area contributed by atoms with Crippen LogP contribution in [0, 0.1) is 5.82 Å². The zero-order chi connectivity index (χ0) is 17.3. The highest BCUT2D eigenvalue weighted by molar-refractivity contribution is 5.84. The lowest BCUT2D eigenvalue weighted by atomic mass is 9.90. The summed E-state index contributed by atoms with van der Waals surface area (Å²) in [4.78, 5) is 14.0. The predicted octanol–water partition coefficient (Wildman–Crippen LogP) is 1.98. The van der Waals surface area contributed by atoms with Gasteiger partial charge in [-0.05, 0) is 32.9 Å². The van der Waals surface area contributed by atoms with Crippen molar-refractivity contribution in [3.8, 4) is 5.75 Å². The maximum absolute atomic E-state index is 13.2. The first-order chi connectivity index (χ1) is 10.7. The van der Waals surface area contributed by atoms with Crippen LogP contribution in [-0.2, 0) is 9.53 Å². The summed E-state index contributed by atoms with van der Waals surface area (Å²) in [6, 6.07) is 5.81. The SMILES string of the molecule is COC(C)(C)C(=O)N1CC[C@H](Oc2cccc(F)c2)[C@@](C)(O)C1. The number of nitrogens with zero attached hydrogens (tertiary/aromatic N) is 1. The van der Waals surface area contributed by atoms with Crippen LogP contribution >= 0.6 is 0 Å². The molecule has 0 aromatic heterocycles. The molecular formula is C17H24FNO4. The fraction of sp³-hybridized carbons (Fsp3) is 0.588. The summed E-state index contributed by atoms with van der Waals surface area (Å²) < 4.78 is 24.2. The number of carbonyl (C=O) groups excluding carboxylic acids is 1. The molecule has 1 heterocycles. The molecule has 2 atom stereocenters. The van der Waals surface area contributed by atoms with E-state index in [0.717, 1.165) is 0 Å². The number of amides is 1. The average molecular weight is 325 g/mol. The van der Waals surface area contributed by atoms with Crippen molar-refractivity contribution in [3.63, 3.8) is 0 Å². The standard InChI is InChI=1S/C17H24FNO4/c1-16(2,22-4)15(20)19-9-8-14(17(3,21)11-19)23-13-7-5-6-12(18)10-13/h5-7,10,14,21H,8-9,11H2,1-4H3/t14-,17-/m0/s1. The Balaban J connectivity index is 2.07. The summed E-state index contributed by atoms with van der Waals surface area (Å²) >= 11 is 0. The van der Waals surface area contributed by atoms with Crippen LogP contribution < -0.4 is 4.74 Å². The molecule has 0 saturated carbocycles. The van der Waals surface area contributed by atoms with Gasteiger partial charge in [0.15, 0.2) is 0 Å². The number of hydrogen-bond acceptors (Lipinski definition) is 4. The van der Waals surface area contributed by atoms with Crippen LogP contribution in [0.3, 0.4) is 0 Å². The van der Waals surface area contributed by atoms with E-state index in [4.69, 9.17) is 9.47 Å². The summed E-state index contributed by atoms with van der Waals surface area (Å²) in [7, 11) is 1.48. The normalized spacial score (nSPS) is 25.3. The Morgan fingerprint density at radius 3 is 2.74 bits per heavy atom. The van der Waals surface area contributed by atoms with Gasteiger partial charge in [-0.15, -0.1) is 0 Å². The number of likely N-dealkylation sites (tertiary alicyclic amines) is 1. The van der Waals surface area contributed by atoms with Crippen molar-refractivity contribution in [1.29, 1.82) is 0 Å².